The number of nitrogens with zero attached hydrogens (tertiary/aromatic N) is 2. The maximum Gasteiger partial charge on any atom is 0.237 e. The molecule has 0 spiro atoms. The molecule has 6 nitrogen and oxygen atoms in total. The molecule has 2 aliphatic rings. The lowest BCUT2D eigenvalue weighted by Crippen LogP contribution is -2.39. The minimum Gasteiger partial charge on any atom is -0.494 e. The summed E-state index contributed by atoms with van der Waals surface area (Å²) < 4.78 is 11.3. The van der Waals surface area contributed by atoms with E-state index < -0.39 is 0 Å². The second-order valence-corrected chi connectivity index (χ2v) is 11.8. The van der Waals surface area contributed by atoms with Gasteiger partial charge in [-0.05, 0) is 112 Å². The Morgan fingerprint density at radius 1 is 0.953 bits per heavy atom. The Kier molecular flexibility index (Phi) is 10.3. The number of ether oxygens (including phenoxy) is 2. The Hall–Kier alpha value is -3.97. The summed E-state index contributed by atoms with van der Waals surface area (Å²) in [5.41, 5.74) is 6.84. The van der Waals surface area contributed by atoms with Gasteiger partial charge in [0.2, 0.25) is 5.91 Å². The molecule has 3 aromatic carbocycles. The Morgan fingerprint density at radius 3 is 2.23 bits per heavy atom. The number of carbonyl (C=O) groups is 1. The Bertz CT molecular complexity index is 1480. The summed E-state index contributed by atoms with van der Waals surface area (Å²) in [6, 6.07) is 26.3. The van der Waals surface area contributed by atoms with Crippen LogP contribution in [0.25, 0.3) is 6.08 Å². The summed E-state index contributed by atoms with van der Waals surface area (Å²) in [5.74, 6) is 2.07. The summed E-state index contributed by atoms with van der Waals surface area (Å²) in [6.45, 7) is 9.36. The van der Waals surface area contributed by atoms with Gasteiger partial charge < -0.3 is 19.7 Å². The fourth-order valence-corrected chi connectivity index (χ4v) is 6.40. The fraction of sp³-hybridized carbons (Fsp3) is 0.333. The lowest BCUT2D eigenvalue weighted by atomic mass is 9.84. The summed E-state index contributed by atoms with van der Waals surface area (Å²) in [7, 11) is 0. The zero-order valence-corrected chi connectivity index (χ0v) is 26.3. The molecule has 0 saturated heterocycles. The first kappa shape index (κ1) is 30.5. The minimum atomic E-state index is -0.121. The minimum absolute atomic E-state index is 0.0460. The topological polar surface area (TPSA) is 63.2 Å². The first-order valence-corrected chi connectivity index (χ1v) is 16.2. The third-order valence-corrected chi connectivity index (χ3v) is 8.41. The van der Waals surface area contributed by atoms with Crippen LogP contribution in [0.3, 0.4) is 0 Å². The number of hydrogen-bond donors (Lipinski definition) is 1. The van der Waals surface area contributed by atoms with Crippen molar-refractivity contribution < 1.29 is 14.3 Å². The molecule has 3 aromatic rings. The summed E-state index contributed by atoms with van der Waals surface area (Å²) in [6.07, 6.45) is 5.27. The molecule has 7 heteroatoms. The molecular formula is C36H41N3O3S. The van der Waals surface area contributed by atoms with E-state index in [1.807, 2.05) is 87.2 Å². The second kappa shape index (κ2) is 14.5. The van der Waals surface area contributed by atoms with E-state index in [4.69, 9.17) is 14.5 Å². The highest BCUT2D eigenvalue weighted by atomic mass is 32.2. The van der Waals surface area contributed by atoms with Crippen molar-refractivity contribution in [3.63, 3.8) is 0 Å². The summed E-state index contributed by atoms with van der Waals surface area (Å²) >= 11 is 1.47. The summed E-state index contributed by atoms with van der Waals surface area (Å²) in [5, 5.41) is 4.42. The average molecular weight is 596 g/mol. The zero-order chi connectivity index (χ0) is 30.2. The van der Waals surface area contributed by atoms with Crippen LogP contribution in [-0.4, -0.2) is 36.1 Å². The van der Waals surface area contributed by atoms with E-state index >= 15 is 0 Å². The van der Waals surface area contributed by atoms with Gasteiger partial charge in [-0.1, -0.05) is 54.2 Å². The van der Waals surface area contributed by atoms with Crippen molar-refractivity contribution in [2.75, 3.05) is 23.9 Å². The van der Waals surface area contributed by atoms with Gasteiger partial charge in [-0.25, -0.2) is 4.99 Å². The first-order chi connectivity index (χ1) is 21.0. The van der Waals surface area contributed by atoms with Crippen LogP contribution in [-0.2, 0) is 4.79 Å². The number of nitrogens with one attached hydrogen (secondary N) is 1. The van der Waals surface area contributed by atoms with Crippen molar-refractivity contribution in [3.8, 4) is 11.5 Å². The van der Waals surface area contributed by atoms with E-state index in [1.165, 1.54) is 22.9 Å². The van der Waals surface area contributed by atoms with Crippen molar-refractivity contribution in [3.05, 3.63) is 107 Å². The van der Waals surface area contributed by atoms with Crippen LogP contribution >= 0.6 is 11.8 Å². The highest BCUT2D eigenvalue weighted by molar-refractivity contribution is 8.14. The van der Waals surface area contributed by atoms with E-state index in [-0.39, 0.29) is 23.7 Å². The Morgan fingerprint density at radius 2 is 1.60 bits per heavy atom. The lowest BCUT2D eigenvalue weighted by Gasteiger charge is -2.33. The molecule has 1 aliphatic carbocycles. The number of carbonyl (C=O) groups excluding carboxylic acids is 1. The molecule has 1 aliphatic heterocycles. The molecule has 0 aromatic heterocycles. The number of aliphatic imine (C=N–C) groups is 1. The SMILES string of the molecule is CCOc1ccc(/C=C2\CCCC3=C2NC(SCC(=O)N(c2ccccc2)C(C)C)=NC3c2ccc(OCC)cc2)cc1. The molecule has 1 atom stereocenters. The number of allylic oxidation sites excluding steroid dienone is 1. The van der Waals surface area contributed by atoms with Crippen LogP contribution in [0.5, 0.6) is 11.5 Å². The molecule has 0 fully saturated rings. The molecule has 1 heterocycles. The van der Waals surface area contributed by atoms with Gasteiger partial charge in [0.25, 0.3) is 0 Å². The number of thioether (sulfide) groups is 1. The van der Waals surface area contributed by atoms with Gasteiger partial charge in [-0.3, -0.25) is 4.79 Å². The van der Waals surface area contributed by atoms with Crippen LogP contribution in [0, 0.1) is 0 Å². The molecule has 224 valence electrons. The molecule has 1 unspecified atom stereocenters. The Labute approximate surface area is 259 Å². The number of amidine groups is 1. The van der Waals surface area contributed by atoms with E-state index in [0.717, 1.165) is 58.4 Å². The van der Waals surface area contributed by atoms with Gasteiger partial charge in [0.05, 0.1) is 19.0 Å². The van der Waals surface area contributed by atoms with E-state index in [2.05, 4.69) is 35.7 Å². The number of benzene rings is 3. The van der Waals surface area contributed by atoms with Gasteiger partial charge in [0.1, 0.15) is 17.5 Å². The van der Waals surface area contributed by atoms with Gasteiger partial charge in [0, 0.05) is 17.4 Å². The van der Waals surface area contributed by atoms with Gasteiger partial charge >= 0.3 is 0 Å². The number of hydrogen-bond acceptors (Lipinski definition) is 6. The van der Waals surface area contributed by atoms with E-state index in [9.17, 15) is 4.79 Å². The smallest absolute Gasteiger partial charge is 0.237 e. The number of amides is 1. The maximum atomic E-state index is 13.5. The lowest BCUT2D eigenvalue weighted by molar-refractivity contribution is -0.116. The maximum absolute atomic E-state index is 13.5. The van der Waals surface area contributed by atoms with Crippen LogP contribution in [0.1, 0.15) is 64.1 Å². The predicted molar refractivity (Wildman–Crippen MR) is 179 cm³/mol. The third-order valence-electron chi connectivity index (χ3n) is 7.53. The molecule has 1 amide bonds. The second-order valence-electron chi connectivity index (χ2n) is 10.9. The summed E-state index contributed by atoms with van der Waals surface area (Å²) in [4.78, 5) is 20.6. The molecule has 0 saturated carbocycles. The van der Waals surface area contributed by atoms with Gasteiger partial charge in [-0.15, -0.1) is 0 Å². The van der Waals surface area contributed by atoms with Gasteiger partial charge in [-0.2, -0.15) is 0 Å². The van der Waals surface area contributed by atoms with E-state index in [0.29, 0.717) is 13.2 Å². The quantitative estimate of drug-likeness (QED) is 0.256. The third kappa shape index (κ3) is 7.52. The Balaban J connectivity index is 1.44. The number of para-hydroxylation sites is 1. The highest BCUT2D eigenvalue weighted by Crippen LogP contribution is 2.42. The largest absolute Gasteiger partial charge is 0.494 e. The highest BCUT2D eigenvalue weighted by Gasteiger charge is 2.31. The zero-order valence-electron chi connectivity index (χ0n) is 25.5. The van der Waals surface area contributed by atoms with Crippen LogP contribution < -0.4 is 19.7 Å². The van der Waals surface area contributed by atoms with Crippen LogP contribution in [0.4, 0.5) is 5.69 Å². The molecule has 43 heavy (non-hydrogen) atoms. The first-order valence-electron chi connectivity index (χ1n) is 15.2. The van der Waals surface area contributed by atoms with Crippen LogP contribution in [0.15, 0.2) is 101 Å². The van der Waals surface area contributed by atoms with Gasteiger partial charge in [0.15, 0.2) is 5.17 Å². The van der Waals surface area contributed by atoms with E-state index in [1.54, 1.807) is 0 Å². The van der Waals surface area contributed by atoms with Crippen LogP contribution in [0.2, 0.25) is 0 Å². The van der Waals surface area contributed by atoms with Crippen molar-refractivity contribution in [2.24, 2.45) is 4.99 Å². The number of anilines is 1. The molecule has 0 radical (unpaired) electrons. The number of rotatable bonds is 10. The normalized spacial score (nSPS) is 17.3. The molecule has 0 bridgehead atoms. The van der Waals surface area contributed by atoms with Crippen molar-refractivity contribution in [1.29, 1.82) is 0 Å². The predicted octanol–water partition coefficient (Wildman–Crippen LogP) is 8.18. The molecular weight excluding hydrogens is 554 g/mol. The fourth-order valence-electron chi connectivity index (χ4n) is 5.65. The van der Waals surface area contributed by atoms with Crippen molar-refractivity contribution >= 4 is 34.6 Å². The average Bonchev–Trinajstić information content (AvgIpc) is 3.02. The molecule has 1 N–H and O–H groups in total. The van der Waals surface area contributed by atoms with Crippen molar-refractivity contribution in [1.82, 2.24) is 5.32 Å². The van der Waals surface area contributed by atoms with Crippen molar-refractivity contribution in [2.45, 2.75) is 59.0 Å². The standard InChI is InChI=1S/C36H41N3O3S/c1-5-41-30-19-15-26(16-20-30)23-28-11-10-14-32-34(27-17-21-31(22-18-27)42-6-2)37-36(38-35(28)32)43-24-33(40)39(25(3)4)29-12-8-7-9-13-29/h7-9,12-13,15-23,25,34H,5-6,10-11,14,24H2,1-4H3,(H,37,38)/b28-23+. The molecule has 5 rings (SSSR count). The monoisotopic (exact) mass is 595 g/mol.